The van der Waals surface area contributed by atoms with E-state index < -0.39 is 0 Å². The Morgan fingerprint density at radius 3 is 2.11 bits per heavy atom. The SMILES string of the molecule is CC1CC(C)CC(C(NN)c2c(Cl)cccc2Cl)C1. The first-order chi connectivity index (χ1) is 9.02. The van der Waals surface area contributed by atoms with Gasteiger partial charge in [-0.1, -0.05) is 43.1 Å². The molecule has 2 nitrogen and oxygen atoms in total. The van der Waals surface area contributed by atoms with E-state index in [1.54, 1.807) is 0 Å². The molecule has 0 amide bonds. The predicted molar refractivity (Wildman–Crippen MR) is 82.2 cm³/mol. The Kier molecular flexibility index (Phi) is 5.13. The van der Waals surface area contributed by atoms with Crippen molar-refractivity contribution in [3.05, 3.63) is 33.8 Å². The van der Waals surface area contributed by atoms with Crippen molar-refractivity contribution in [1.29, 1.82) is 0 Å². The van der Waals surface area contributed by atoms with E-state index >= 15 is 0 Å². The number of benzene rings is 1. The van der Waals surface area contributed by atoms with Crippen molar-refractivity contribution in [2.75, 3.05) is 0 Å². The molecule has 4 heteroatoms. The molecule has 1 aromatic carbocycles. The number of nitrogens with two attached hydrogens (primary N) is 1. The Hall–Kier alpha value is -0.280. The van der Waals surface area contributed by atoms with Gasteiger partial charge in [-0.05, 0) is 49.1 Å². The lowest BCUT2D eigenvalue weighted by Gasteiger charge is -2.37. The van der Waals surface area contributed by atoms with Crippen molar-refractivity contribution < 1.29 is 0 Å². The van der Waals surface area contributed by atoms with Gasteiger partial charge in [0.2, 0.25) is 0 Å². The molecule has 0 radical (unpaired) electrons. The van der Waals surface area contributed by atoms with E-state index in [4.69, 9.17) is 29.0 Å². The second-order valence-electron chi connectivity index (χ2n) is 5.96. The summed E-state index contributed by atoms with van der Waals surface area (Å²) in [6.07, 6.45) is 3.63. The van der Waals surface area contributed by atoms with Crippen molar-refractivity contribution in [3.8, 4) is 0 Å². The van der Waals surface area contributed by atoms with Crippen molar-refractivity contribution in [1.82, 2.24) is 5.43 Å². The molecule has 3 unspecified atom stereocenters. The molecule has 3 N–H and O–H groups in total. The van der Waals surface area contributed by atoms with Gasteiger partial charge >= 0.3 is 0 Å². The predicted octanol–water partition coefficient (Wildman–Crippen LogP) is 4.57. The molecule has 0 heterocycles. The third-order valence-electron chi connectivity index (χ3n) is 4.18. The molecule has 0 aromatic heterocycles. The normalized spacial score (nSPS) is 29.2. The molecule has 1 aliphatic rings. The summed E-state index contributed by atoms with van der Waals surface area (Å²) in [6, 6.07) is 5.66. The van der Waals surface area contributed by atoms with Gasteiger partial charge in [-0.3, -0.25) is 11.3 Å². The van der Waals surface area contributed by atoms with Crippen molar-refractivity contribution in [2.45, 2.75) is 39.2 Å². The van der Waals surface area contributed by atoms with Crippen LogP contribution in [-0.4, -0.2) is 0 Å². The Morgan fingerprint density at radius 1 is 1.11 bits per heavy atom. The first-order valence-electron chi connectivity index (χ1n) is 6.93. The van der Waals surface area contributed by atoms with E-state index in [2.05, 4.69) is 19.3 Å². The highest BCUT2D eigenvalue weighted by molar-refractivity contribution is 6.36. The number of halogens is 2. The minimum atomic E-state index is 0.0337. The van der Waals surface area contributed by atoms with Crippen LogP contribution in [-0.2, 0) is 0 Å². The molecule has 1 fully saturated rings. The second-order valence-corrected chi connectivity index (χ2v) is 6.77. The van der Waals surface area contributed by atoms with Crippen LogP contribution in [0.4, 0.5) is 0 Å². The molecule has 2 rings (SSSR count). The number of hydrazine groups is 1. The quantitative estimate of drug-likeness (QED) is 0.634. The van der Waals surface area contributed by atoms with E-state index in [9.17, 15) is 0 Å². The Bertz CT molecular complexity index is 406. The molecule has 1 aromatic rings. The first-order valence-corrected chi connectivity index (χ1v) is 7.68. The lowest BCUT2D eigenvalue weighted by Crippen LogP contribution is -2.37. The Morgan fingerprint density at radius 2 is 1.63 bits per heavy atom. The minimum absolute atomic E-state index is 0.0337. The van der Waals surface area contributed by atoms with Crippen molar-refractivity contribution in [3.63, 3.8) is 0 Å². The van der Waals surface area contributed by atoms with Crippen LogP contribution in [0.2, 0.25) is 10.0 Å². The van der Waals surface area contributed by atoms with Crippen LogP contribution >= 0.6 is 23.2 Å². The highest BCUT2D eigenvalue weighted by Crippen LogP contribution is 2.42. The smallest absolute Gasteiger partial charge is 0.0517 e. The zero-order valence-corrected chi connectivity index (χ0v) is 13.0. The maximum Gasteiger partial charge on any atom is 0.0517 e. The van der Waals surface area contributed by atoms with Gasteiger partial charge in [-0.15, -0.1) is 0 Å². The first kappa shape index (κ1) is 15.1. The summed E-state index contributed by atoms with van der Waals surface area (Å²) < 4.78 is 0. The fraction of sp³-hybridized carbons (Fsp3) is 0.600. The maximum absolute atomic E-state index is 6.32. The number of rotatable bonds is 3. The van der Waals surface area contributed by atoms with Crippen LogP contribution in [0.5, 0.6) is 0 Å². The molecule has 0 saturated heterocycles. The zero-order chi connectivity index (χ0) is 14.0. The van der Waals surface area contributed by atoms with Gasteiger partial charge in [0, 0.05) is 15.6 Å². The summed E-state index contributed by atoms with van der Waals surface area (Å²) >= 11 is 12.6. The van der Waals surface area contributed by atoms with Crippen LogP contribution in [0, 0.1) is 17.8 Å². The average molecular weight is 301 g/mol. The zero-order valence-electron chi connectivity index (χ0n) is 11.5. The number of hydrogen-bond donors (Lipinski definition) is 2. The van der Waals surface area contributed by atoms with Crippen molar-refractivity contribution >= 4 is 23.2 Å². The lowest BCUT2D eigenvalue weighted by molar-refractivity contribution is 0.177. The minimum Gasteiger partial charge on any atom is -0.271 e. The summed E-state index contributed by atoms with van der Waals surface area (Å²) in [6.45, 7) is 4.62. The summed E-state index contributed by atoms with van der Waals surface area (Å²) in [5, 5.41) is 1.39. The molecule has 3 atom stereocenters. The van der Waals surface area contributed by atoms with Crippen LogP contribution in [0.25, 0.3) is 0 Å². The summed E-state index contributed by atoms with van der Waals surface area (Å²) in [7, 11) is 0. The topological polar surface area (TPSA) is 38.0 Å². The molecule has 1 aliphatic carbocycles. The molecule has 19 heavy (non-hydrogen) atoms. The van der Waals surface area contributed by atoms with Crippen LogP contribution in [0.3, 0.4) is 0 Å². The largest absolute Gasteiger partial charge is 0.271 e. The number of nitrogens with one attached hydrogen (secondary N) is 1. The molecule has 0 bridgehead atoms. The Balaban J connectivity index is 2.29. The fourth-order valence-corrected chi connectivity index (χ4v) is 4.18. The molecular weight excluding hydrogens is 279 g/mol. The van der Waals surface area contributed by atoms with Gasteiger partial charge in [-0.25, -0.2) is 0 Å². The standard InChI is InChI=1S/C15H22Cl2N2/c1-9-6-10(2)8-11(7-9)15(19-18)14-12(16)4-3-5-13(14)17/h3-5,9-11,15,19H,6-8,18H2,1-2H3. The summed E-state index contributed by atoms with van der Waals surface area (Å²) in [5.41, 5.74) is 3.89. The van der Waals surface area contributed by atoms with Crippen LogP contribution in [0.15, 0.2) is 18.2 Å². The maximum atomic E-state index is 6.32. The molecule has 0 aliphatic heterocycles. The van der Waals surface area contributed by atoms with Crippen LogP contribution < -0.4 is 11.3 Å². The number of hydrogen-bond acceptors (Lipinski definition) is 2. The van der Waals surface area contributed by atoms with E-state index in [0.29, 0.717) is 16.0 Å². The van der Waals surface area contributed by atoms with E-state index in [1.165, 1.54) is 19.3 Å². The van der Waals surface area contributed by atoms with E-state index in [0.717, 1.165) is 17.4 Å². The third-order valence-corrected chi connectivity index (χ3v) is 4.84. The summed E-state index contributed by atoms with van der Waals surface area (Å²) in [4.78, 5) is 0. The van der Waals surface area contributed by atoms with Gasteiger partial charge in [0.05, 0.1) is 6.04 Å². The monoisotopic (exact) mass is 300 g/mol. The molecule has 1 saturated carbocycles. The lowest BCUT2D eigenvalue weighted by atomic mass is 9.72. The van der Waals surface area contributed by atoms with Gasteiger partial charge in [0.25, 0.3) is 0 Å². The van der Waals surface area contributed by atoms with Gasteiger partial charge in [-0.2, -0.15) is 0 Å². The Labute approximate surface area is 125 Å². The average Bonchev–Trinajstić information content (AvgIpc) is 2.32. The highest BCUT2D eigenvalue weighted by atomic mass is 35.5. The van der Waals surface area contributed by atoms with Gasteiger partial charge in [0.1, 0.15) is 0 Å². The van der Waals surface area contributed by atoms with Crippen molar-refractivity contribution in [2.24, 2.45) is 23.6 Å². The highest BCUT2D eigenvalue weighted by Gasteiger charge is 2.32. The van der Waals surface area contributed by atoms with Gasteiger partial charge < -0.3 is 0 Å². The fourth-order valence-electron chi connectivity index (χ4n) is 3.54. The second kappa shape index (κ2) is 6.45. The van der Waals surface area contributed by atoms with Gasteiger partial charge in [0.15, 0.2) is 0 Å². The van der Waals surface area contributed by atoms with E-state index in [1.807, 2.05) is 18.2 Å². The molecule has 106 valence electrons. The molecular formula is C15H22Cl2N2. The van der Waals surface area contributed by atoms with E-state index in [-0.39, 0.29) is 6.04 Å². The molecule has 0 spiro atoms. The third kappa shape index (κ3) is 3.43. The van der Waals surface area contributed by atoms with Crippen LogP contribution in [0.1, 0.15) is 44.7 Å². The summed E-state index contributed by atoms with van der Waals surface area (Å²) in [5.74, 6) is 7.74.